The Labute approximate surface area is 172 Å². The lowest BCUT2D eigenvalue weighted by Crippen LogP contribution is -2.19. The molecule has 0 atom stereocenters. The minimum absolute atomic E-state index is 0.0517. The number of hydrogen-bond donors (Lipinski definition) is 3. The van der Waals surface area contributed by atoms with Crippen LogP contribution in [0.2, 0.25) is 0 Å². The number of aliphatic imine (C=N–C) groups is 1. The maximum atomic E-state index is 12.2. The van der Waals surface area contributed by atoms with Gasteiger partial charge in [0, 0.05) is 0 Å². The summed E-state index contributed by atoms with van der Waals surface area (Å²) in [7, 11) is 1.46. The fourth-order valence-electron chi connectivity index (χ4n) is 2.26. The van der Waals surface area contributed by atoms with E-state index in [9.17, 15) is 14.7 Å². The number of rotatable bonds is 4. The lowest BCUT2D eigenvalue weighted by molar-refractivity contribution is -0.115. The van der Waals surface area contributed by atoms with Crippen LogP contribution in [0.4, 0.5) is 5.69 Å². The molecule has 1 saturated heterocycles. The lowest BCUT2D eigenvalue weighted by atomic mass is 10.2. The number of carbonyl (C=O) groups is 2. The number of thioether (sulfide) groups is 1. The summed E-state index contributed by atoms with van der Waals surface area (Å²) in [6.45, 7) is 0. The summed E-state index contributed by atoms with van der Waals surface area (Å²) in [5.41, 5.74) is 1.40. The number of aromatic hydroxyl groups is 1. The van der Waals surface area contributed by atoms with E-state index in [4.69, 9.17) is 9.84 Å². The number of halogens is 1. The molecule has 0 unspecified atom stereocenters. The van der Waals surface area contributed by atoms with Gasteiger partial charge >= 0.3 is 5.97 Å². The van der Waals surface area contributed by atoms with Crippen molar-refractivity contribution < 1.29 is 24.5 Å². The average Bonchev–Trinajstić information content (AvgIpc) is 2.97. The van der Waals surface area contributed by atoms with E-state index in [0.717, 1.165) is 0 Å². The van der Waals surface area contributed by atoms with Crippen molar-refractivity contribution in [3.63, 3.8) is 0 Å². The summed E-state index contributed by atoms with van der Waals surface area (Å²) < 4.78 is 5.73. The zero-order valence-electron chi connectivity index (χ0n) is 13.9. The number of aromatic carboxylic acids is 1. The van der Waals surface area contributed by atoms with Crippen molar-refractivity contribution in [2.75, 3.05) is 7.11 Å². The van der Waals surface area contributed by atoms with Crippen LogP contribution >= 0.6 is 34.4 Å². The molecule has 1 amide bonds. The third-order valence-electron chi connectivity index (χ3n) is 3.56. The van der Waals surface area contributed by atoms with Gasteiger partial charge in [-0.1, -0.05) is 0 Å². The Morgan fingerprint density at radius 3 is 2.63 bits per heavy atom. The second-order valence-electron chi connectivity index (χ2n) is 5.39. The number of carbonyl (C=O) groups excluding carboxylic acids is 1. The third-order valence-corrected chi connectivity index (χ3v) is 5.30. The molecule has 7 nitrogen and oxygen atoms in total. The fourth-order valence-corrected chi connectivity index (χ4v) is 3.73. The Hall–Kier alpha value is -2.53. The summed E-state index contributed by atoms with van der Waals surface area (Å²) in [6, 6.07) is 9.41. The number of amides is 1. The van der Waals surface area contributed by atoms with Crippen LogP contribution in [0, 0.1) is 3.57 Å². The summed E-state index contributed by atoms with van der Waals surface area (Å²) in [6.07, 6.45) is 1.68. The van der Waals surface area contributed by atoms with Gasteiger partial charge in [-0.05, 0) is 82.4 Å². The number of amidine groups is 1. The Morgan fingerprint density at radius 1 is 1.30 bits per heavy atom. The number of phenols is 1. The highest BCUT2D eigenvalue weighted by Gasteiger charge is 2.24. The molecular weight excluding hydrogens is 483 g/mol. The maximum Gasteiger partial charge on any atom is 0.335 e. The van der Waals surface area contributed by atoms with Crippen LogP contribution in [0.5, 0.6) is 11.5 Å². The summed E-state index contributed by atoms with van der Waals surface area (Å²) in [4.78, 5) is 27.8. The van der Waals surface area contributed by atoms with E-state index in [0.29, 0.717) is 30.6 Å². The van der Waals surface area contributed by atoms with E-state index < -0.39 is 5.97 Å². The Morgan fingerprint density at radius 2 is 2.00 bits per heavy atom. The van der Waals surface area contributed by atoms with Crippen molar-refractivity contribution in [3.8, 4) is 11.5 Å². The molecule has 0 radical (unpaired) electrons. The van der Waals surface area contributed by atoms with Gasteiger partial charge in [-0.2, -0.15) is 0 Å². The number of hydrogen-bond acceptors (Lipinski definition) is 6. The summed E-state index contributed by atoms with van der Waals surface area (Å²) >= 11 is 3.16. The van der Waals surface area contributed by atoms with Gasteiger partial charge in [-0.15, -0.1) is 0 Å². The van der Waals surface area contributed by atoms with E-state index in [2.05, 4.69) is 10.3 Å². The van der Waals surface area contributed by atoms with E-state index in [1.807, 2.05) is 22.6 Å². The first-order valence-corrected chi connectivity index (χ1v) is 9.46. The number of ether oxygens (including phenoxy) is 1. The first kappa shape index (κ1) is 19.2. The van der Waals surface area contributed by atoms with Gasteiger partial charge in [-0.25, -0.2) is 9.79 Å². The predicted molar refractivity (Wildman–Crippen MR) is 112 cm³/mol. The number of methoxy groups -OCH3 is 1. The molecule has 3 rings (SSSR count). The van der Waals surface area contributed by atoms with Crippen molar-refractivity contribution in [3.05, 3.63) is 56.0 Å². The van der Waals surface area contributed by atoms with E-state index in [1.165, 1.54) is 31.0 Å². The molecule has 1 heterocycles. The molecule has 27 heavy (non-hydrogen) atoms. The molecule has 2 aromatic carbocycles. The molecule has 9 heteroatoms. The number of nitrogens with zero attached hydrogens (tertiary/aromatic N) is 1. The first-order chi connectivity index (χ1) is 12.9. The van der Waals surface area contributed by atoms with Crippen LogP contribution < -0.4 is 10.1 Å². The second kappa shape index (κ2) is 8.01. The van der Waals surface area contributed by atoms with Crippen LogP contribution in [0.3, 0.4) is 0 Å². The lowest BCUT2D eigenvalue weighted by Gasteiger charge is -2.06. The van der Waals surface area contributed by atoms with E-state index in [-0.39, 0.29) is 17.2 Å². The molecular formula is C18H13IN2O5S. The quantitative estimate of drug-likeness (QED) is 0.441. The number of phenolic OH excluding ortho intramolecular Hbond substituents is 1. The Bertz CT molecular complexity index is 986. The van der Waals surface area contributed by atoms with Gasteiger partial charge in [0.2, 0.25) is 0 Å². The molecule has 1 fully saturated rings. The molecule has 0 saturated carbocycles. The van der Waals surface area contributed by atoms with Gasteiger partial charge in [0.15, 0.2) is 16.7 Å². The van der Waals surface area contributed by atoms with Crippen molar-refractivity contribution >= 4 is 63.2 Å². The Balaban J connectivity index is 1.84. The molecule has 1 aliphatic rings. The molecule has 1 aliphatic heterocycles. The molecule has 0 aromatic heterocycles. The molecule has 0 aliphatic carbocycles. The van der Waals surface area contributed by atoms with Crippen molar-refractivity contribution in [1.29, 1.82) is 0 Å². The number of nitrogens with one attached hydrogen (secondary N) is 1. The van der Waals surface area contributed by atoms with Gasteiger partial charge in [0.25, 0.3) is 5.91 Å². The minimum Gasteiger partial charge on any atom is -0.504 e. The highest BCUT2D eigenvalue weighted by Crippen LogP contribution is 2.35. The SMILES string of the molecule is COc1cc(C=C2SC(=Nc3ccc(C(=O)O)cc3)NC2=O)cc(I)c1O. The number of carboxylic acid groups (broad SMARTS) is 1. The second-order valence-corrected chi connectivity index (χ2v) is 7.58. The molecule has 0 bridgehead atoms. The van der Waals surface area contributed by atoms with Crippen molar-refractivity contribution in [2.24, 2.45) is 4.99 Å². The fraction of sp³-hybridized carbons (Fsp3) is 0.0556. The van der Waals surface area contributed by atoms with E-state index >= 15 is 0 Å². The third kappa shape index (κ3) is 4.42. The topological polar surface area (TPSA) is 108 Å². The standard InChI is InChI=1S/C18H13IN2O5S/c1-26-13-7-9(6-12(19)15(13)22)8-14-16(23)21-18(27-14)20-11-4-2-10(3-5-11)17(24)25/h2-8,22H,1H3,(H,24,25)(H,20,21,23). The molecule has 0 spiro atoms. The average molecular weight is 496 g/mol. The predicted octanol–water partition coefficient (Wildman–Crippen LogP) is 3.60. The van der Waals surface area contributed by atoms with Crippen LogP contribution in [0.25, 0.3) is 6.08 Å². The monoisotopic (exact) mass is 496 g/mol. The zero-order valence-corrected chi connectivity index (χ0v) is 16.9. The normalized spacial score (nSPS) is 16.6. The van der Waals surface area contributed by atoms with Crippen LogP contribution in [-0.2, 0) is 4.79 Å². The van der Waals surface area contributed by atoms with Crippen LogP contribution in [0.15, 0.2) is 46.3 Å². The Kier molecular flexibility index (Phi) is 5.71. The van der Waals surface area contributed by atoms with Crippen molar-refractivity contribution in [2.45, 2.75) is 0 Å². The first-order valence-electron chi connectivity index (χ1n) is 7.57. The smallest absolute Gasteiger partial charge is 0.335 e. The van der Waals surface area contributed by atoms with Gasteiger partial charge in [-0.3, -0.25) is 4.79 Å². The highest BCUT2D eigenvalue weighted by atomic mass is 127. The summed E-state index contributed by atoms with van der Waals surface area (Å²) in [5.74, 6) is -0.926. The van der Waals surface area contributed by atoms with Gasteiger partial charge in [0.1, 0.15) is 0 Å². The van der Waals surface area contributed by atoms with Crippen molar-refractivity contribution in [1.82, 2.24) is 5.32 Å². The molecule has 3 N–H and O–H groups in total. The van der Waals surface area contributed by atoms with E-state index in [1.54, 1.807) is 30.3 Å². The largest absolute Gasteiger partial charge is 0.504 e. The maximum absolute atomic E-state index is 12.2. The van der Waals surface area contributed by atoms with Gasteiger partial charge < -0.3 is 20.3 Å². The number of carboxylic acids is 1. The van der Waals surface area contributed by atoms with Crippen LogP contribution in [0.1, 0.15) is 15.9 Å². The number of benzene rings is 2. The summed E-state index contributed by atoms with van der Waals surface area (Å²) in [5, 5.41) is 21.9. The molecule has 138 valence electrons. The van der Waals surface area contributed by atoms with Crippen LogP contribution in [-0.4, -0.2) is 34.4 Å². The molecule has 2 aromatic rings. The van der Waals surface area contributed by atoms with Gasteiger partial charge in [0.05, 0.1) is 26.8 Å². The zero-order chi connectivity index (χ0) is 19.6. The highest BCUT2D eigenvalue weighted by molar-refractivity contribution is 14.1. The minimum atomic E-state index is -1.01.